The van der Waals surface area contributed by atoms with Crippen LogP contribution < -0.4 is 19.7 Å². The number of nitrogens with one attached hydrogen (secondary N) is 1. The smallest absolute Gasteiger partial charge is 0.240 e. The molecule has 1 N–H and O–H groups in total. The van der Waals surface area contributed by atoms with Crippen LogP contribution in [0.15, 0.2) is 66.7 Å². The number of benzene rings is 3. The molecule has 224 valence electrons. The lowest BCUT2D eigenvalue weighted by Gasteiger charge is -2.23. The molecule has 1 unspecified atom stereocenters. The van der Waals surface area contributed by atoms with E-state index in [2.05, 4.69) is 5.32 Å². The van der Waals surface area contributed by atoms with Crippen LogP contribution in [-0.4, -0.2) is 68.4 Å². The number of aromatic nitrogens is 2. The number of thioether (sulfide) groups is 1. The SMILES string of the molecule is COCCNC(=O)CN1C(=O)CSC(c2cc(OC)ccc2OC)c2c(-c3ccc(Cl)cc3)nn(-c3ccc(C)cc3)c21. The predicted molar refractivity (Wildman–Crippen MR) is 170 cm³/mol. The van der Waals surface area contributed by atoms with Crippen LogP contribution >= 0.6 is 23.4 Å². The highest BCUT2D eigenvalue weighted by molar-refractivity contribution is 8.00. The summed E-state index contributed by atoms with van der Waals surface area (Å²) in [6.07, 6.45) is 0. The number of hydrogen-bond donors (Lipinski definition) is 1. The Labute approximate surface area is 260 Å². The van der Waals surface area contributed by atoms with Crippen molar-refractivity contribution in [2.75, 3.05) is 51.7 Å². The standard InChI is InChI=1S/C32H33ClN4O5S/c1-20-5-11-23(12-6-20)37-32-29(30(35-37)21-7-9-22(33)10-8-21)31(25-17-24(41-3)13-14-26(25)42-4)43-19-28(39)36(32)18-27(38)34-15-16-40-2/h5-14,17,31H,15-16,18-19H2,1-4H3,(H,34,38). The van der Waals surface area contributed by atoms with Crippen molar-refractivity contribution in [2.45, 2.75) is 12.2 Å². The highest BCUT2D eigenvalue weighted by Crippen LogP contribution is 2.51. The highest BCUT2D eigenvalue weighted by atomic mass is 35.5. The van der Waals surface area contributed by atoms with Crippen molar-refractivity contribution in [2.24, 2.45) is 0 Å². The number of methoxy groups -OCH3 is 3. The summed E-state index contributed by atoms with van der Waals surface area (Å²) >= 11 is 7.72. The molecule has 0 saturated carbocycles. The van der Waals surface area contributed by atoms with Gasteiger partial charge in [-0.15, -0.1) is 11.8 Å². The number of nitrogens with zero attached hydrogens (tertiary/aromatic N) is 3. The molecule has 0 fully saturated rings. The molecule has 1 aliphatic rings. The first-order valence-corrected chi connectivity index (χ1v) is 15.1. The molecule has 4 aromatic rings. The number of halogens is 1. The summed E-state index contributed by atoms with van der Waals surface area (Å²) in [7, 11) is 4.80. The van der Waals surface area contributed by atoms with E-state index in [0.29, 0.717) is 41.2 Å². The maximum atomic E-state index is 13.9. The van der Waals surface area contributed by atoms with E-state index in [1.54, 1.807) is 26.0 Å². The number of aryl methyl sites for hydroxylation is 1. The van der Waals surface area contributed by atoms with Crippen LogP contribution in [0, 0.1) is 6.92 Å². The maximum absolute atomic E-state index is 13.9. The molecule has 43 heavy (non-hydrogen) atoms. The molecule has 2 heterocycles. The molecule has 1 aromatic heterocycles. The third kappa shape index (κ3) is 6.51. The van der Waals surface area contributed by atoms with E-state index >= 15 is 0 Å². The van der Waals surface area contributed by atoms with Gasteiger partial charge in [-0.1, -0.05) is 41.4 Å². The number of fused-ring (bicyclic) bond motifs is 1. The van der Waals surface area contributed by atoms with E-state index < -0.39 is 5.25 Å². The van der Waals surface area contributed by atoms with Crippen LogP contribution in [0.5, 0.6) is 11.5 Å². The van der Waals surface area contributed by atoms with Gasteiger partial charge in [0.1, 0.15) is 23.9 Å². The molecule has 1 aliphatic heterocycles. The molecule has 3 aromatic carbocycles. The molecule has 0 radical (unpaired) electrons. The first-order valence-electron chi connectivity index (χ1n) is 13.7. The Morgan fingerprint density at radius 1 is 1.05 bits per heavy atom. The zero-order valence-corrected chi connectivity index (χ0v) is 26.0. The van der Waals surface area contributed by atoms with Crippen molar-refractivity contribution in [1.29, 1.82) is 0 Å². The van der Waals surface area contributed by atoms with Crippen molar-refractivity contribution in [3.05, 3.63) is 88.4 Å². The van der Waals surface area contributed by atoms with Crippen LogP contribution in [0.2, 0.25) is 5.02 Å². The molecule has 1 atom stereocenters. The fraction of sp³-hybridized carbons (Fsp3) is 0.281. The van der Waals surface area contributed by atoms with Gasteiger partial charge in [-0.3, -0.25) is 14.5 Å². The largest absolute Gasteiger partial charge is 0.497 e. The first-order chi connectivity index (χ1) is 20.8. The fourth-order valence-corrected chi connectivity index (χ4v) is 6.33. The summed E-state index contributed by atoms with van der Waals surface area (Å²) in [4.78, 5) is 28.6. The summed E-state index contributed by atoms with van der Waals surface area (Å²) in [6, 6.07) is 20.9. The van der Waals surface area contributed by atoms with Crippen LogP contribution in [-0.2, 0) is 14.3 Å². The zero-order chi connectivity index (χ0) is 30.5. The van der Waals surface area contributed by atoms with Crippen molar-refractivity contribution in [3.8, 4) is 28.4 Å². The second kappa shape index (κ2) is 13.5. The van der Waals surface area contributed by atoms with Gasteiger partial charge in [-0.05, 0) is 49.4 Å². The van der Waals surface area contributed by atoms with E-state index in [9.17, 15) is 9.59 Å². The number of carbonyl (C=O) groups is 2. The quantitative estimate of drug-likeness (QED) is 0.236. The molecule has 11 heteroatoms. The number of rotatable bonds is 10. The zero-order valence-electron chi connectivity index (χ0n) is 24.4. The van der Waals surface area contributed by atoms with Crippen LogP contribution in [0.3, 0.4) is 0 Å². The van der Waals surface area contributed by atoms with E-state index in [0.717, 1.165) is 27.9 Å². The van der Waals surface area contributed by atoms with Gasteiger partial charge < -0.3 is 19.5 Å². The number of carbonyl (C=O) groups excluding carboxylic acids is 2. The molecule has 0 saturated heterocycles. The minimum absolute atomic E-state index is 0.124. The van der Waals surface area contributed by atoms with Gasteiger partial charge in [0.15, 0.2) is 0 Å². The summed E-state index contributed by atoms with van der Waals surface area (Å²) in [5.41, 5.74) is 4.91. The predicted octanol–water partition coefficient (Wildman–Crippen LogP) is 5.45. The second-order valence-corrected chi connectivity index (χ2v) is 11.5. The van der Waals surface area contributed by atoms with Crippen LogP contribution in [0.1, 0.15) is 21.9 Å². The monoisotopic (exact) mass is 620 g/mol. The molecule has 0 spiro atoms. The Morgan fingerprint density at radius 2 is 1.79 bits per heavy atom. The third-order valence-electron chi connectivity index (χ3n) is 7.13. The lowest BCUT2D eigenvalue weighted by atomic mass is 9.98. The average molecular weight is 621 g/mol. The maximum Gasteiger partial charge on any atom is 0.240 e. The number of anilines is 1. The van der Waals surface area contributed by atoms with Gasteiger partial charge in [-0.25, -0.2) is 4.68 Å². The molecule has 0 bridgehead atoms. The van der Waals surface area contributed by atoms with E-state index in [1.807, 2.05) is 73.7 Å². The normalized spacial score (nSPS) is 14.7. The Bertz CT molecular complexity index is 1610. The van der Waals surface area contributed by atoms with Crippen LogP contribution in [0.25, 0.3) is 16.9 Å². The summed E-state index contributed by atoms with van der Waals surface area (Å²) in [5, 5.41) is 8.16. The number of amides is 2. The Balaban J connectivity index is 1.79. The van der Waals surface area contributed by atoms with Gasteiger partial charge in [0.05, 0.1) is 43.2 Å². The highest BCUT2D eigenvalue weighted by Gasteiger charge is 2.38. The Hall–Kier alpha value is -3.99. The van der Waals surface area contributed by atoms with E-state index in [4.69, 9.17) is 30.9 Å². The molecular formula is C32H33ClN4O5S. The van der Waals surface area contributed by atoms with E-state index in [-0.39, 0.29) is 24.1 Å². The minimum atomic E-state index is -0.393. The van der Waals surface area contributed by atoms with Crippen molar-refractivity contribution >= 4 is 41.0 Å². The topological polar surface area (TPSA) is 94.9 Å². The number of ether oxygens (including phenoxy) is 3. The summed E-state index contributed by atoms with van der Waals surface area (Å²) in [6.45, 7) is 2.51. The van der Waals surface area contributed by atoms with Gasteiger partial charge in [-0.2, -0.15) is 5.10 Å². The third-order valence-corrected chi connectivity index (χ3v) is 8.62. The second-order valence-electron chi connectivity index (χ2n) is 9.96. The summed E-state index contributed by atoms with van der Waals surface area (Å²) in [5.74, 6) is 1.42. The van der Waals surface area contributed by atoms with Gasteiger partial charge in [0.25, 0.3) is 0 Å². The molecule has 5 rings (SSSR count). The Kier molecular flexibility index (Phi) is 9.59. The minimum Gasteiger partial charge on any atom is -0.497 e. The fourth-order valence-electron chi connectivity index (χ4n) is 4.99. The lowest BCUT2D eigenvalue weighted by Crippen LogP contribution is -2.43. The lowest BCUT2D eigenvalue weighted by molar-refractivity contribution is -0.123. The molecule has 0 aliphatic carbocycles. The van der Waals surface area contributed by atoms with Gasteiger partial charge >= 0.3 is 0 Å². The Morgan fingerprint density at radius 3 is 2.47 bits per heavy atom. The van der Waals surface area contributed by atoms with Crippen molar-refractivity contribution in [3.63, 3.8) is 0 Å². The van der Waals surface area contributed by atoms with Gasteiger partial charge in [0.2, 0.25) is 11.8 Å². The van der Waals surface area contributed by atoms with Crippen molar-refractivity contribution < 1.29 is 23.8 Å². The molecule has 2 amide bonds. The molecular weight excluding hydrogens is 588 g/mol. The van der Waals surface area contributed by atoms with Crippen molar-refractivity contribution in [1.82, 2.24) is 15.1 Å². The first kappa shape index (κ1) is 30.5. The molecule has 9 nitrogen and oxygen atoms in total. The van der Waals surface area contributed by atoms with Gasteiger partial charge in [0, 0.05) is 35.4 Å². The summed E-state index contributed by atoms with van der Waals surface area (Å²) < 4.78 is 18.2. The average Bonchev–Trinajstić information content (AvgIpc) is 3.34. The van der Waals surface area contributed by atoms with E-state index in [1.165, 1.54) is 16.7 Å². The number of hydrogen-bond acceptors (Lipinski definition) is 7. The van der Waals surface area contributed by atoms with Crippen LogP contribution in [0.4, 0.5) is 5.82 Å².